The van der Waals surface area contributed by atoms with Crippen molar-refractivity contribution in [3.05, 3.63) is 0 Å². The fourth-order valence-corrected chi connectivity index (χ4v) is 4.39. The lowest BCUT2D eigenvalue weighted by Gasteiger charge is -2.28. The van der Waals surface area contributed by atoms with Crippen LogP contribution in [0.1, 0.15) is 64.2 Å². The molecule has 0 aromatic carbocycles. The zero-order valence-electron chi connectivity index (χ0n) is 14.1. The molecule has 1 unspecified atom stereocenters. The Morgan fingerprint density at radius 1 is 0.818 bits per heavy atom. The van der Waals surface area contributed by atoms with Crippen LogP contribution in [0.2, 0.25) is 0 Å². The van der Waals surface area contributed by atoms with Crippen molar-refractivity contribution >= 4 is 6.03 Å². The van der Waals surface area contributed by atoms with E-state index in [1.54, 1.807) is 0 Å². The van der Waals surface area contributed by atoms with Crippen molar-refractivity contribution in [1.82, 2.24) is 15.1 Å². The van der Waals surface area contributed by atoms with Crippen molar-refractivity contribution in [1.29, 1.82) is 0 Å². The third kappa shape index (κ3) is 4.61. The molecule has 2 amide bonds. The average molecular weight is 307 g/mol. The highest BCUT2D eigenvalue weighted by molar-refractivity contribution is 5.74. The van der Waals surface area contributed by atoms with E-state index in [4.69, 9.17) is 0 Å². The highest BCUT2D eigenvalue weighted by atomic mass is 16.2. The van der Waals surface area contributed by atoms with Crippen LogP contribution >= 0.6 is 0 Å². The van der Waals surface area contributed by atoms with Crippen molar-refractivity contribution < 1.29 is 4.79 Å². The molecular weight excluding hydrogens is 274 g/mol. The summed E-state index contributed by atoms with van der Waals surface area (Å²) in [6.45, 7) is 5.76. The van der Waals surface area contributed by atoms with Gasteiger partial charge in [-0.15, -0.1) is 0 Å². The summed E-state index contributed by atoms with van der Waals surface area (Å²) >= 11 is 0. The Labute approximate surface area is 135 Å². The first-order chi connectivity index (χ1) is 10.8. The molecule has 1 aliphatic carbocycles. The van der Waals surface area contributed by atoms with Gasteiger partial charge in [0.1, 0.15) is 0 Å². The lowest BCUT2D eigenvalue weighted by molar-refractivity contribution is 0.190. The molecule has 1 N–H and O–H groups in total. The molecule has 0 aromatic rings. The summed E-state index contributed by atoms with van der Waals surface area (Å²) < 4.78 is 0. The van der Waals surface area contributed by atoms with E-state index in [0.717, 1.165) is 19.0 Å². The average Bonchev–Trinajstić information content (AvgIpc) is 2.92. The predicted octanol–water partition coefficient (Wildman–Crippen LogP) is 3.23. The number of nitrogens with one attached hydrogen (secondary N) is 1. The summed E-state index contributed by atoms with van der Waals surface area (Å²) in [7, 11) is 0. The van der Waals surface area contributed by atoms with Crippen molar-refractivity contribution in [3.8, 4) is 0 Å². The number of hydrogen-bond acceptors (Lipinski definition) is 2. The zero-order chi connectivity index (χ0) is 15.2. The Bertz CT molecular complexity index is 348. The van der Waals surface area contributed by atoms with Crippen LogP contribution in [-0.2, 0) is 0 Å². The number of nitrogens with zero attached hydrogens (tertiary/aromatic N) is 2. The molecular formula is C18H33N3O. The number of carbonyl (C=O) groups is 1. The van der Waals surface area contributed by atoms with Crippen LogP contribution < -0.4 is 5.32 Å². The molecule has 4 nitrogen and oxygen atoms in total. The topological polar surface area (TPSA) is 35.6 Å². The van der Waals surface area contributed by atoms with Crippen LogP contribution in [-0.4, -0.2) is 54.6 Å². The van der Waals surface area contributed by atoms with Crippen LogP contribution in [0.5, 0.6) is 0 Å². The van der Waals surface area contributed by atoms with Gasteiger partial charge in [-0.05, 0) is 64.0 Å². The van der Waals surface area contributed by atoms with Crippen LogP contribution in [0.25, 0.3) is 0 Å². The third-order valence-corrected chi connectivity index (χ3v) is 5.78. The maximum absolute atomic E-state index is 12.5. The standard InChI is InChI=1S/C18H33N3O/c22-18(19-17-8-2-1-3-9-17)21-13-6-7-16(10-14-21)15-20-11-4-5-12-20/h16-17H,1-15H2,(H,19,22). The zero-order valence-corrected chi connectivity index (χ0v) is 14.1. The molecule has 2 saturated heterocycles. The fraction of sp³-hybridized carbons (Fsp3) is 0.944. The molecule has 0 radical (unpaired) electrons. The Kier molecular flexibility index (Phi) is 5.99. The molecule has 4 heteroatoms. The lowest BCUT2D eigenvalue weighted by atomic mass is 9.96. The van der Waals surface area contributed by atoms with Gasteiger partial charge < -0.3 is 15.1 Å². The van der Waals surface area contributed by atoms with Crippen LogP contribution in [0.3, 0.4) is 0 Å². The van der Waals surface area contributed by atoms with Gasteiger partial charge in [0, 0.05) is 25.7 Å². The minimum atomic E-state index is 0.203. The Morgan fingerprint density at radius 2 is 1.59 bits per heavy atom. The first-order valence-electron chi connectivity index (χ1n) is 9.59. The molecule has 3 aliphatic rings. The molecule has 126 valence electrons. The summed E-state index contributed by atoms with van der Waals surface area (Å²) in [6.07, 6.45) is 12.7. The third-order valence-electron chi connectivity index (χ3n) is 5.78. The number of rotatable bonds is 3. The highest BCUT2D eigenvalue weighted by Gasteiger charge is 2.24. The first-order valence-corrected chi connectivity index (χ1v) is 9.59. The maximum atomic E-state index is 12.5. The number of amides is 2. The molecule has 1 atom stereocenters. The minimum Gasteiger partial charge on any atom is -0.335 e. The number of carbonyl (C=O) groups excluding carboxylic acids is 1. The molecule has 3 fully saturated rings. The van der Waals surface area contributed by atoms with Gasteiger partial charge in [0.05, 0.1) is 0 Å². The fourth-order valence-electron chi connectivity index (χ4n) is 4.39. The molecule has 1 saturated carbocycles. The van der Waals surface area contributed by atoms with Crippen LogP contribution in [0, 0.1) is 5.92 Å². The van der Waals surface area contributed by atoms with Crippen molar-refractivity contribution in [2.75, 3.05) is 32.7 Å². The largest absolute Gasteiger partial charge is 0.335 e. The molecule has 0 bridgehead atoms. The summed E-state index contributed by atoms with van der Waals surface area (Å²) in [5, 5.41) is 3.28. The monoisotopic (exact) mass is 307 g/mol. The Hall–Kier alpha value is -0.770. The smallest absolute Gasteiger partial charge is 0.317 e. The van der Waals surface area contributed by atoms with Crippen molar-refractivity contribution in [2.24, 2.45) is 5.92 Å². The summed E-state index contributed by atoms with van der Waals surface area (Å²) in [6, 6.07) is 0.638. The molecule has 22 heavy (non-hydrogen) atoms. The second kappa shape index (κ2) is 8.19. The van der Waals surface area contributed by atoms with Gasteiger partial charge in [0.25, 0.3) is 0 Å². The van der Waals surface area contributed by atoms with Crippen molar-refractivity contribution in [2.45, 2.75) is 70.3 Å². The Balaban J connectivity index is 1.41. The first kappa shape index (κ1) is 16.1. The highest BCUT2D eigenvalue weighted by Crippen LogP contribution is 2.22. The van der Waals surface area contributed by atoms with Gasteiger partial charge >= 0.3 is 6.03 Å². The molecule has 2 heterocycles. The summed E-state index contributed by atoms with van der Waals surface area (Å²) in [5.41, 5.74) is 0. The molecule has 0 spiro atoms. The van der Waals surface area contributed by atoms with E-state index in [1.807, 2.05) is 0 Å². The van der Waals surface area contributed by atoms with Gasteiger partial charge in [-0.3, -0.25) is 0 Å². The molecule has 0 aromatic heterocycles. The second-order valence-electron chi connectivity index (χ2n) is 7.58. The molecule has 3 rings (SSSR count). The van der Waals surface area contributed by atoms with Gasteiger partial charge in [-0.1, -0.05) is 19.3 Å². The number of hydrogen-bond donors (Lipinski definition) is 1. The van der Waals surface area contributed by atoms with Gasteiger partial charge in [0.15, 0.2) is 0 Å². The van der Waals surface area contributed by atoms with E-state index >= 15 is 0 Å². The van der Waals surface area contributed by atoms with Crippen LogP contribution in [0.15, 0.2) is 0 Å². The lowest BCUT2D eigenvalue weighted by Crippen LogP contribution is -2.45. The SMILES string of the molecule is O=C(NC1CCCCC1)N1CCCC(CN2CCCC2)CC1. The van der Waals surface area contributed by atoms with Crippen molar-refractivity contribution in [3.63, 3.8) is 0 Å². The van der Waals surface area contributed by atoms with E-state index in [0.29, 0.717) is 6.04 Å². The van der Waals surface area contributed by atoms with E-state index in [1.165, 1.54) is 83.8 Å². The van der Waals surface area contributed by atoms with Gasteiger partial charge in [0.2, 0.25) is 0 Å². The van der Waals surface area contributed by atoms with Gasteiger partial charge in [-0.2, -0.15) is 0 Å². The Morgan fingerprint density at radius 3 is 2.36 bits per heavy atom. The van der Waals surface area contributed by atoms with E-state index in [-0.39, 0.29) is 6.03 Å². The quantitative estimate of drug-likeness (QED) is 0.869. The summed E-state index contributed by atoms with van der Waals surface area (Å²) in [4.78, 5) is 17.2. The van der Waals surface area contributed by atoms with E-state index in [9.17, 15) is 4.79 Å². The minimum absolute atomic E-state index is 0.203. The van der Waals surface area contributed by atoms with Crippen LogP contribution in [0.4, 0.5) is 4.79 Å². The summed E-state index contributed by atoms with van der Waals surface area (Å²) in [5.74, 6) is 0.797. The van der Waals surface area contributed by atoms with E-state index in [2.05, 4.69) is 15.1 Å². The predicted molar refractivity (Wildman–Crippen MR) is 90.0 cm³/mol. The maximum Gasteiger partial charge on any atom is 0.317 e. The normalized spacial score (nSPS) is 28.5. The van der Waals surface area contributed by atoms with Gasteiger partial charge in [-0.25, -0.2) is 4.79 Å². The second-order valence-corrected chi connectivity index (χ2v) is 7.58. The molecule has 2 aliphatic heterocycles. The van der Waals surface area contributed by atoms with E-state index < -0.39 is 0 Å². The number of urea groups is 1. The number of likely N-dealkylation sites (tertiary alicyclic amines) is 2.